The zero-order valence-corrected chi connectivity index (χ0v) is 17.4. The maximum absolute atomic E-state index is 13.1. The van der Waals surface area contributed by atoms with E-state index in [1.54, 1.807) is 43.6 Å². The number of methoxy groups -OCH3 is 1. The van der Waals surface area contributed by atoms with Gasteiger partial charge in [-0.25, -0.2) is 4.68 Å². The van der Waals surface area contributed by atoms with Gasteiger partial charge in [0.1, 0.15) is 0 Å². The van der Waals surface area contributed by atoms with Crippen LogP contribution in [0.15, 0.2) is 53.5 Å². The summed E-state index contributed by atoms with van der Waals surface area (Å²) in [6.07, 6.45) is 4.61. The summed E-state index contributed by atoms with van der Waals surface area (Å²) in [7, 11) is 1.63. The third-order valence-corrected chi connectivity index (χ3v) is 5.46. The molecular formula is C24H24N4O3. The maximum Gasteiger partial charge on any atom is 0.279 e. The lowest BCUT2D eigenvalue weighted by atomic mass is 9.96. The second-order valence-electron chi connectivity index (χ2n) is 7.66. The number of carbonyl (C=O) groups excluding carboxylic acids is 1. The summed E-state index contributed by atoms with van der Waals surface area (Å²) in [5, 5.41) is 15.1. The van der Waals surface area contributed by atoms with Crippen molar-refractivity contribution in [2.75, 3.05) is 20.3 Å². The van der Waals surface area contributed by atoms with E-state index in [1.165, 1.54) is 4.68 Å². The minimum atomic E-state index is -0.164. The fourth-order valence-corrected chi connectivity index (χ4v) is 3.65. The van der Waals surface area contributed by atoms with Gasteiger partial charge in [-0.15, -0.1) is 0 Å². The van der Waals surface area contributed by atoms with Gasteiger partial charge in [-0.05, 0) is 72.7 Å². The normalized spacial score (nSPS) is 13.0. The summed E-state index contributed by atoms with van der Waals surface area (Å²) in [5.74, 6) is 0.251. The van der Waals surface area contributed by atoms with E-state index in [2.05, 4.69) is 16.5 Å². The number of rotatable bonds is 8. The highest BCUT2D eigenvalue weighted by molar-refractivity contribution is 5.94. The highest BCUT2D eigenvalue weighted by Gasteiger charge is 2.28. The van der Waals surface area contributed by atoms with Crippen LogP contribution in [0.2, 0.25) is 0 Å². The standard InChI is InChI=1S/C24H24N4O3/c1-31-12-2-11-26-23(29)18-6-8-19(9-7-18)28-24(30)22(15-27-28)20-10-3-16(14-25)13-21(20)17-4-5-17/h3,6-10,13,15,17,27H,2,4-5,11-12H2,1H3,(H,26,29). The van der Waals surface area contributed by atoms with E-state index in [0.29, 0.717) is 41.4 Å². The maximum atomic E-state index is 13.1. The lowest BCUT2D eigenvalue weighted by Crippen LogP contribution is -2.25. The monoisotopic (exact) mass is 416 g/mol. The minimum Gasteiger partial charge on any atom is -0.385 e. The Hall–Kier alpha value is -3.63. The summed E-state index contributed by atoms with van der Waals surface area (Å²) in [5.41, 5.74) is 4.13. The summed E-state index contributed by atoms with van der Waals surface area (Å²) in [4.78, 5) is 25.3. The second kappa shape index (κ2) is 9.02. The van der Waals surface area contributed by atoms with Crippen LogP contribution in [0.5, 0.6) is 0 Å². The fraction of sp³-hybridized carbons (Fsp3) is 0.292. The summed E-state index contributed by atoms with van der Waals surface area (Å²) in [6.45, 7) is 1.14. The van der Waals surface area contributed by atoms with Crippen molar-refractivity contribution in [1.82, 2.24) is 15.1 Å². The van der Waals surface area contributed by atoms with E-state index in [1.807, 2.05) is 12.1 Å². The third kappa shape index (κ3) is 4.44. The molecule has 1 fully saturated rings. The number of benzene rings is 2. The number of H-pyrrole nitrogens is 1. The largest absolute Gasteiger partial charge is 0.385 e. The van der Waals surface area contributed by atoms with Crippen LogP contribution >= 0.6 is 0 Å². The highest BCUT2D eigenvalue weighted by atomic mass is 16.5. The molecule has 3 aromatic rings. The number of ether oxygens (including phenoxy) is 1. The molecular weight excluding hydrogens is 392 g/mol. The first-order chi connectivity index (χ1) is 15.1. The predicted octanol–water partition coefficient (Wildman–Crippen LogP) is 3.35. The van der Waals surface area contributed by atoms with Gasteiger partial charge >= 0.3 is 0 Å². The van der Waals surface area contributed by atoms with Gasteiger partial charge in [0.15, 0.2) is 0 Å². The van der Waals surface area contributed by atoms with E-state index in [9.17, 15) is 14.9 Å². The van der Waals surface area contributed by atoms with Crippen LogP contribution in [0.25, 0.3) is 16.8 Å². The van der Waals surface area contributed by atoms with Crippen molar-refractivity contribution in [3.63, 3.8) is 0 Å². The number of nitrogens with zero attached hydrogens (tertiary/aromatic N) is 2. The Labute approximate surface area is 180 Å². The van der Waals surface area contributed by atoms with Gasteiger partial charge in [0.05, 0.1) is 22.9 Å². The van der Waals surface area contributed by atoms with Crippen LogP contribution in [0, 0.1) is 11.3 Å². The van der Waals surface area contributed by atoms with Crippen molar-refractivity contribution in [2.45, 2.75) is 25.2 Å². The van der Waals surface area contributed by atoms with Gasteiger partial charge < -0.3 is 10.1 Å². The van der Waals surface area contributed by atoms with Gasteiger partial charge in [0.25, 0.3) is 11.5 Å². The minimum absolute atomic E-state index is 0.158. The zero-order valence-electron chi connectivity index (χ0n) is 17.4. The Morgan fingerprint density at radius 1 is 1.23 bits per heavy atom. The molecule has 1 aromatic heterocycles. The van der Waals surface area contributed by atoms with E-state index in [-0.39, 0.29) is 11.5 Å². The SMILES string of the molecule is COCCCNC(=O)c1ccc(-n2[nH]cc(-c3ccc(C#N)cc3C3CC3)c2=O)cc1. The number of hydrogen-bond donors (Lipinski definition) is 2. The summed E-state index contributed by atoms with van der Waals surface area (Å²) < 4.78 is 6.44. The van der Waals surface area contributed by atoms with Crippen molar-refractivity contribution in [1.29, 1.82) is 5.26 Å². The van der Waals surface area contributed by atoms with E-state index in [0.717, 1.165) is 30.4 Å². The third-order valence-electron chi connectivity index (χ3n) is 5.46. The molecule has 1 heterocycles. The lowest BCUT2D eigenvalue weighted by molar-refractivity contribution is 0.0948. The first-order valence-electron chi connectivity index (χ1n) is 10.3. The molecule has 0 spiro atoms. The van der Waals surface area contributed by atoms with Gasteiger partial charge in [-0.3, -0.25) is 14.7 Å². The Morgan fingerprint density at radius 3 is 2.68 bits per heavy atom. The molecule has 31 heavy (non-hydrogen) atoms. The van der Waals surface area contributed by atoms with Crippen LogP contribution < -0.4 is 10.9 Å². The second-order valence-corrected chi connectivity index (χ2v) is 7.66. The number of amides is 1. The van der Waals surface area contributed by atoms with Crippen molar-refractivity contribution < 1.29 is 9.53 Å². The average molecular weight is 416 g/mol. The van der Waals surface area contributed by atoms with E-state index < -0.39 is 0 Å². The number of nitrogens with one attached hydrogen (secondary N) is 2. The Morgan fingerprint density at radius 2 is 2.00 bits per heavy atom. The molecule has 1 saturated carbocycles. The van der Waals surface area contributed by atoms with Gasteiger partial charge in [-0.2, -0.15) is 5.26 Å². The molecule has 1 amide bonds. The smallest absolute Gasteiger partial charge is 0.279 e. The molecule has 4 rings (SSSR count). The Balaban J connectivity index is 1.56. The quantitative estimate of drug-likeness (QED) is 0.550. The Bertz CT molecular complexity index is 1180. The van der Waals surface area contributed by atoms with Crippen LogP contribution in [0.4, 0.5) is 0 Å². The number of nitriles is 1. The molecule has 1 aliphatic carbocycles. The number of aromatic amines is 1. The molecule has 7 nitrogen and oxygen atoms in total. The summed E-state index contributed by atoms with van der Waals surface area (Å²) >= 11 is 0. The van der Waals surface area contributed by atoms with E-state index in [4.69, 9.17) is 4.74 Å². The van der Waals surface area contributed by atoms with Gasteiger partial charge in [0.2, 0.25) is 0 Å². The first kappa shape index (κ1) is 20.6. The molecule has 0 aliphatic heterocycles. The van der Waals surface area contributed by atoms with Crippen molar-refractivity contribution >= 4 is 5.91 Å². The number of carbonyl (C=O) groups is 1. The van der Waals surface area contributed by atoms with Crippen molar-refractivity contribution in [2.24, 2.45) is 0 Å². The molecule has 0 atom stereocenters. The highest BCUT2D eigenvalue weighted by Crippen LogP contribution is 2.44. The van der Waals surface area contributed by atoms with E-state index >= 15 is 0 Å². The van der Waals surface area contributed by atoms with Crippen LogP contribution in [0.3, 0.4) is 0 Å². The predicted molar refractivity (Wildman–Crippen MR) is 117 cm³/mol. The zero-order chi connectivity index (χ0) is 21.8. The Kier molecular flexibility index (Phi) is 6.01. The lowest BCUT2D eigenvalue weighted by Gasteiger charge is -2.07. The molecule has 158 valence electrons. The van der Waals surface area contributed by atoms with Crippen molar-refractivity contribution in [3.05, 3.63) is 75.7 Å². The fourth-order valence-electron chi connectivity index (χ4n) is 3.65. The van der Waals surface area contributed by atoms with Gasteiger partial charge in [0, 0.05) is 32.0 Å². The topological polar surface area (TPSA) is 99.9 Å². The van der Waals surface area contributed by atoms with Crippen LogP contribution in [-0.4, -0.2) is 35.9 Å². The summed E-state index contributed by atoms with van der Waals surface area (Å²) in [6, 6.07) is 14.6. The molecule has 1 aliphatic rings. The molecule has 0 bridgehead atoms. The first-order valence-corrected chi connectivity index (χ1v) is 10.3. The molecule has 7 heteroatoms. The van der Waals surface area contributed by atoms with Crippen molar-refractivity contribution in [3.8, 4) is 22.9 Å². The van der Waals surface area contributed by atoms with Gasteiger partial charge in [-0.1, -0.05) is 6.07 Å². The molecule has 0 saturated heterocycles. The molecule has 0 radical (unpaired) electrons. The van der Waals surface area contributed by atoms with Crippen LogP contribution in [0.1, 0.15) is 46.7 Å². The number of hydrogen-bond acceptors (Lipinski definition) is 4. The van der Waals surface area contributed by atoms with Crippen LogP contribution in [-0.2, 0) is 4.74 Å². The average Bonchev–Trinajstić information content (AvgIpc) is 3.58. The molecule has 2 N–H and O–H groups in total. The number of aromatic nitrogens is 2. The molecule has 2 aromatic carbocycles. The molecule has 0 unspecified atom stereocenters.